The Morgan fingerprint density at radius 1 is 1.00 bits per heavy atom. The molecule has 2 aliphatic rings. The Bertz CT molecular complexity index is 497. The molecule has 0 amide bonds. The molecule has 2 fully saturated rings. The van der Waals surface area contributed by atoms with Crippen LogP contribution in [0.1, 0.15) is 37.7 Å². The Labute approximate surface area is 150 Å². The van der Waals surface area contributed by atoms with Crippen LogP contribution in [0.15, 0.2) is 24.3 Å². The fraction of sp³-hybridized carbons (Fsp3) is 0.700. The quantitative estimate of drug-likeness (QED) is 0.820. The number of alkyl halides is 1. The Morgan fingerprint density at radius 3 is 2.36 bits per heavy atom. The molecule has 0 unspecified atom stereocenters. The molecule has 0 radical (unpaired) electrons. The summed E-state index contributed by atoms with van der Waals surface area (Å²) in [6.45, 7) is 5.74. The maximum Gasteiger partial charge on any atom is 0.119 e. The van der Waals surface area contributed by atoms with Gasteiger partial charge in [0.05, 0.1) is 0 Å². The van der Waals surface area contributed by atoms with Crippen molar-refractivity contribution in [2.45, 2.75) is 50.9 Å². The van der Waals surface area contributed by atoms with E-state index in [2.05, 4.69) is 21.9 Å². The minimum absolute atomic E-state index is 0.333. The smallest absolute Gasteiger partial charge is 0.119 e. The second-order valence-corrected chi connectivity index (χ2v) is 7.42. The zero-order valence-electron chi connectivity index (χ0n) is 15.1. The molecule has 2 saturated heterocycles. The lowest BCUT2D eigenvalue weighted by atomic mass is 10.1. The highest BCUT2D eigenvalue weighted by Crippen LogP contribution is 2.18. The van der Waals surface area contributed by atoms with Gasteiger partial charge in [0.2, 0.25) is 0 Å². The molecule has 25 heavy (non-hydrogen) atoms. The molecule has 1 N–H and O–H groups in total. The summed E-state index contributed by atoms with van der Waals surface area (Å²) in [5, 5.41) is 10.2. The molecular formula is C20H31FN2O2. The fourth-order valence-corrected chi connectivity index (χ4v) is 3.69. The molecule has 2 heterocycles. The third-order valence-electron chi connectivity index (χ3n) is 5.21. The van der Waals surface area contributed by atoms with Gasteiger partial charge in [-0.2, -0.15) is 0 Å². The molecule has 5 heteroatoms. The van der Waals surface area contributed by atoms with Crippen molar-refractivity contribution in [3.8, 4) is 5.75 Å². The van der Waals surface area contributed by atoms with Crippen LogP contribution in [-0.4, -0.2) is 66.5 Å². The van der Waals surface area contributed by atoms with Crippen LogP contribution < -0.4 is 4.74 Å². The second kappa shape index (κ2) is 9.51. The predicted octanol–water partition coefficient (Wildman–Crippen LogP) is 2.85. The van der Waals surface area contributed by atoms with Crippen molar-refractivity contribution in [1.29, 1.82) is 0 Å². The predicted molar refractivity (Wildman–Crippen MR) is 97.6 cm³/mol. The molecule has 0 spiro atoms. The van der Waals surface area contributed by atoms with E-state index >= 15 is 0 Å². The van der Waals surface area contributed by atoms with Crippen LogP contribution in [0.5, 0.6) is 5.75 Å². The van der Waals surface area contributed by atoms with Crippen molar-refractivity contribution >= 4 is 0 Å². The van der Waals surface area contributed by atoms with E-state index in [1.54, 1.807) is 0 Å². The van der Waals surface area contributed by atoms with Gasteiger partial charge in [0.1, 0.15) is 24.6 Å². The number of nitrogens with zero attached hydrogens (tertiary/aromatic N) is 2. The number of halogens is 1. The summed E-state index contributed by atoms with van der Waals surface area (Å²) in [7, 11) is 0. The van der Waals surface area contributed by atoms with Crippen molar-refractivity contribution in [3.05, 3.63) is 29.8 Å². The van der Waals surface area contributed by atoms with Crippen LogP contribution in [0.3, 0.4) is 0 Å². The Balaban J connectivity index is 1.38. The van der Waals surface area contributed by atoms with Crippen molar-refractivity contribution < 1.29 is 14.2 Å². The first-order chi connectivity index (χ1) is 12.2. The molecule has 1 aromatic carbocycles. The first-order valence-electron chi connectivity index (χ1n) is 9.67. The van der Waals surface area contributed by atoms with E-state index in [0.717, 1.165) is 38.5 Å². The molecule has 4 nitrogen and oxygen atoms in total. The molecule has 0 saturated carbocycles. The van der Waals surface area contributed by atoms with E-state index in [1.165, 1.54) is 24.8 Å². The SMILES string of the molecule is O[C@H](COc1ccc(CN2CCC(F)CC2)cc1)CN1CCCCC1. The first-order valence-corrected chi connectivity index (χ1v) is 9.67. The number of benzene rings is 1. The van der Waals surface area contributed by atoms with E-state index in [4.69, 9.17) is 4.74 Å². The van der Waals surface area contributed by atoms with Gasteiger partial charge >= 0.3 is 0 Å². The summed E-state index contributed by atoms with van der Waals surface area (Å²) in [5.41, 5.74) is 1.22. The van der Waals surface area contributed by atoms with E-state index in [-0.39, 0.29) is 0 Å². The van der Waals surface area contributed by atoms with Gasteiger partial charge in [-0.05, 0) is 56.5 Å². The van der Waals surface area contributed by atoms with Gasteiger partial charge in [0.25, 0.3) is 0 Å². The molecule has 0 aromatic heterocycles. The summed E-state index contributed by atoms with van der Waals surface area (Å²) in [6, 6.07) is 8.05. The largest absolute Gasteiger partial charge is 0.491 e. The fourth-order valence-electron chi connectivity index (χ4n) is 3.69. The number of aliphatic hydroxyl groups excluding tert-OH is 1. The number of hydrogen-bond acceptors (Lipinski definition) is 4. The lowest BCUT2D eigenvalue weighted by Crippen LogP contribution is -2.38. The zero-order valence-corrected chi connectivity index (χ0v) is 15.1. The minimum Gasteiger partial charge on any atom is -0.491 e. The van der Waals surface area contributed by atoms with Gasteiger partial charge in [0, 0.05) is 26.2 Å². The van der Waals surface area contributed by atoms with Gasteiger partial charge in [-0.3, -0.25) is 4.90 Å². The normalized spacial score (nSPS) is 22.0. The van der Waals surface area contributed by atoms with Crippen LogP contribution in [-0.2, 0) is 6.54 Å². The number of rotatable bonds is 7. The van der Waals surface area contributed by atoms with Gasteiger partial charge in [-0.1, -0.05) is 18.6 Å². The Hall–Kier alpha value is -1.17. The number of likely N-dealkylation sites (tertiary alicyclic amines) is 2. The molecule has 3 rings (SSSR count). The number of aliphatic hydroxyl groups is 1. The lowest BCUT2D eigenvalue weighted by molar-refractivity contribution is 0.0617. The number of piperidine rings is 2. The lowest BCUT2D eigenvalue weighted by Gasteiger charge is -2.28. The van der Waals surface area contributed by atoms with Gasteiger partial charge in [-0.25, -0.2) is 4.39 Å². The van der Waals surface area contributed by atoms with E-state index < -0.39 is 12.3 Å². The van der Waals surface area contributed by atoms with Crippen LogP contribution in [0.4, 0.5) is 4.39 Å². The highest BCUT2D eigenvalue weighted by atomic mass is 19.1. The Morgan fingerprint density at radius 2 is 1.68 bits per heavy atom. The summed E-state index contributed by atoms with van der Waals surface area (Å²) >= 11 is 0. The number of hydrogen-bond donors (Lipinski definition) is 1. The molecule has 2 aliphatic heterocycles. The monoisotopic (exact) mass is 350 g/mol. The second-order valence-electron chi connectivity index (χ2n) is 7.42. The number of β-amino-alcohol motifs (C(OH)–C–C–N with tert-alkyl or cyclic N) is 1. The van der Waals surface area contributed by atoms with Crippen molar-refractivity contribution in [2.75, 3.05) is 39.3 Å². The van der Waals surface area contributed by atoms with Crippen molar-refractivity contribution in [2.24, 2.45) is 0 Å². The van der Waals surface area contributed by atoms with Crippen LogP contribution in [0.25, 0.3) is 0 Å². The van der Waals surface area contributed by atoms with Crippen molar-refractivity contribution in [1.82, 2.24) is 9.80 Å². The third kappa shape index (κ3) is 6.24. The van der Waals surface area contributed by atoms with Crippen molar-refractivity contribution in [3.63, 3.8) is 0 Å². The highest BCUT2D eigenvalue weighted by molar-refractivity contribution is 5.27. The highest BCUT2D eigenvalue weighted by Gasteiger charge is 2.18. The van der Waals surface area contributed by atoms with E-state index in [0.29, 0.717) is 26.0 Å². The van der Waals surface area contributed by atoms with E-state index in [9.17, 15) is 9.50 Å². The molecule has 0 bridgehead atoms. The molecular weight excluding hydrogens is 319 g/mol. The molecule has 140 valence electrons. The van der Waals surface area contributed by atoms with Crippen LogP contribution in [0, 0.1) is 0 Å². The molecule has 0 aliphatic carbocycles. The summed E-state index contributed by atoms with van der Waals surface area (Å²) in [6.07, 6.45) is 4.01. The summed E-state index contributed by atoms with van der Waals surface area (Å²) < 4.78 is 18.9. The Kier molecular flexibility index (Phi) is 7.08. The maximum atomic E-state index is 13.2. The maximum absolute atomic E-state index is 13.2. The average Bonchev–Trinajstić information content (AvgIpc) is 2.64. The van der Waals surface area contributed by atoms with E-state index in [1.807, 2.05) is 12.1 Å². The van der Waals surface area contributed by atoms with Gasteiger partial charge in [0.15, 0.2) is 0 Å². The average molecular weight is 350 g/mol. The van der Waals surface area contributed by atoms with Gasteiger partial charge < -0.3 is 14.7 Å². The van der Waals surface area contributed by atoms with Gasteiger partial charge in [-0.15, -0.1) is 0 Å². The summed E-state index contributed by atoms with van der Waals surface area (Å²) in [4.78, 5) is 4.62. The minimum atomic E-state index is -0.622. The first kappa shape index (κ1) is 18.6. The van der Waals surface area contributed by atoms with Crippen LogP contribution in [0.2, 0.25) is 0 Å². The number of ether oxygens (including phenoxy) is 1. The molecule has 1 aromatic rings. The molecule has 1 atom stereocenters. The zero-order chi connectivity index (χ0) is 17.5. The third-order valence-corrected chi connectivity index (χ3v) is 5.21. The standard InChI is InChI=1S/C20H31FN2O2/c21-18-8-12-23(13-9-18)14-17-4-6-20(7-5-17)25-16-19(24)15-22-10-2-1-3-11-22/h4-7,18-19,24H,1-3,8-16H2/t19-/m0/s1. The van der Waals surface area contributed by atoms with Crippen LogP contribution >= 0.6 is 0 Å². The topological polar surface area (TPSA) is 35.9 Å². The summed E-state index contributed by atoms with van der Waals surface area (Å²) in [5.74, 6) is 0.795.